The van der Waals surface area contributed by atoms with E-state index in [0.29, 0.717) is 17.9 Å². The molecule has 88 valence electrons. The van der Waals surface area contributed by atoms with Gasteiger partial charge < -0.3 is 5.11 Å². The maximum absolute atomic E-state index is 10.4. The van der Waals surface area contributed by atoms with Crippen LogP contribution in [0.2, 0.25) is 5.02 Å². The van der Waals surface area contributed by atoms with Gasteiger partial charge in [-0.1, -0.05) is 23.7 Å². The zero-order valence-corrected chi connectivity index (χ0v) is 9.94. The average Bonchev–Trinajstić information content (AvgIpc) is 2.28. The van der Waals surface area contributed by atoms with Gasteiger partial charge in [0.2, 0.25) is 0 Å². The summed E-state index contributed by atoms with van der Waals surface area (Å²) in [4.78, 5) is 14.9. The Labute approximate surface area is 104 Å². The standard InChI is InChI=1S/C13H12ClNO2/c14-10-6-4-9-5-7-11(15-12(9)8-10)2-1-3-13(16)17/h4-8H,1-3H2,(H,16,17). The molecule has 1 aromatic heterocycles. The number of benzene rings is 1. The molecule has 0 aliphatic rings. The Kier molecular flexibility index (Phi) is 3.59. The van der Waals surface area contributed by atoms with E-state index in [1.165, 1.54) is 0 Å². The molecule has 2 aromatic rings. The molecule has 4 heteroatoms. The Morgan fingerprint density at radius 1 is 1.29 bits per heavy atom. The van der Waals surface area contributed by atoms with Crippen molar-refractivity contribution in [3.8, 4) is 0 Å². The van der Waals surface area contributed by atoms with E-state index in [-0.39, 0.29) is 6.42 Å². The van der Waals surface area contributed by atoms with Crippen molar-refractivity contribution < 1.29 is 9.90 Å². The third kappa shape index (κ3) is 3.17. The van der Waals surface area contributed by atoms with Crippen molar-refractivity contribution >= 4 is 28.5 Å². The summed E-state index contributed by atoms with van der Waals surface area (Å²) in [6, 6.07) is 9.48. The predicted octanol–water partition coefficient (Wildman–Crippen LogP) is 3.30. The molecule has 0 spiro atoms. The van der Waals surface area contributed by atoms with Crippen molar-refractivity contribution in [2.75, 3.05) is 0 Å². The van der Waals surface area contributed by atoms with Gasteiger partial charge in [0.1, 0.15) is 0 Å². The molecule has 0 aliphatic heterocycles. The lowest BCUT2D eigenvalue weighted by molar-refractivity contribution is -0.137. The highest BCUT2D eigenvalue weighted by Gasteiger charge is 2.01. The fourth-order valence-corrected chi connectivity index (χ4v) is 1.86. The SMILES string of the molecule is O=C(O)CCCc1ccc2ccc(Cl)cc2n1. The van der Waals surface area contributed by atoms with Crippen LogP contribution >= 0.6 is 11.6 Å². The number of nitrogens with zero attached hydrogens (tertiary/aromatic N) is 1. The van der Waals surface area contributed by atoms with Crippen LogP contribution in [0.1, 0.15) is 18.5 Å². The summed E-state index contributed by atoms with van der Waals surface area (Å²) < 4.78 is 0. The second-order valence-electron chi connectivity index (χ2n) is 3.89. The molecule has 0 saturated heterocycles. The lowest BCUT2D eigenvalue weighted by Gasteiger charge is -2.02. The maximum atomic E-state index is 10.4. The largest absolute Gasteiger partial charge is 0.481 e. The van der Waals surface area contributed by atoms with E-state index in [1.54, 1.807) is 0 Å². The average molecular weight is 250 g/mol. The molecule has 0 unspecified atom stereocenters. The summed E-state index contributed by atoms with van der Waals surface area (Å²) in [6.07, 6.45) is 1.46. The summed E-state index contributed by atoms with van der Waals surface area (Å²) >= 11 is 5.90. The quantitative estimate of drug-likeness (QED) is 0.905. The van der Waals surface area contributed by atoms with Crippen molar-refractivity contribution in [1.29, 1.82) is 0 Å². The molecule has 1 heterocycles. The van der Waals surface area contributed by atoms with E-state index in [4.69, 9.17) is 16.7 Å². The third-order valence-electron chi connectivity index (χ3n) is 2.54. The Morgan fingerprint density at radius 2 is 2.06 bits per heavy atom. The summed E-state index contributed by atoms with van der Waals surface area (Å²) in [5, 5.41) is 10.3. The molecule has 2 rings (SSSR count). The van der Waals surface area contributed by atoms with Gasteiger partial charge in [-0.05, 0) is 31.0 Å². The van der Waals surface area contributed by atoms with Gasteiger partial charge in [-0.2, -0.15) is 0 Å². The Morgan fingerprint density at radius 3 is 2.82 bits per heavy atom. The first-order valence-electron chi connectivity index (χ1n) is 5.42. The van der Waals surface area contributed by atoms with E-state index >= 15 is 0 Å². The van der Waals surface area contributed by atoms with Crippen LogP contribution in [0.5, 0.6) is 0 Å². The number of rotatable bonds is 4. The highest BCUT2D eigenvalue weighted by molar-refractivity contribution is 6.31. The number of halogens is 1. The van der Waals surface area contributed by atoms with Crippen LogP contribution in [-0.4, -0.2) is 16.1 Å². The van der Waals surface area contributed by atoms with Crippen LogP contribution in [0.15, 0.2) is 30.3 Å². The van der Waals surface area contributed by atoms with Crippen LogP contribution in [0.4, 0.5) is 0 Å². The molecule has 0 aliphatic carbocycles. The number of carboxylic acid groups (broad SMARTS) is 1. The van der Waals surface area contributed by atoms with Crippen LogP contribution in [-0.2, 0) is 11.2 Å². The smallest absolute Gasteiger partial charge is 0.303 e. The zero-order valence-electron chi connectivity index (χ0n) is 9.19. The van der Waals surface area contributed by atoms with Crippen molar-refractivity contribution in [1.82, 2.24) is 4.98 Å². The number of pyridine rings is 1. The minimum atomic E-state index is -0.770. The monoisotopic (exact) mass is 249 g/mol. The van der Waals surface area contributed by atoms with Gasteiger partial charge >= 0.3 is 5.97 Å². The van der Waals surface area contributed by atoms with Crippen molar-refractivity contribution in [2.45, 2.75) is 19.3 Å². The maximum Gasteiger partial charge on any atom is 0.303 e. The van der Waals surface area contributed by atoms with Crippen LogP contribution in [0.3, 0.4) is 0 Å². The van der Waals surface area contributed by atoms with Crippen LogP contribution in [0, 0.1) is 0 Å². The first-order valence-corrected chi connectivity index (χ1v) is 5.80. The van der Waals surface area contributed by atoms with Gasteiger partial charge in [0, 0.05) is 22.5 Å². The molecule has 1 aromatic carbocycles. The van der Waals surface area contributed by atoms with Gasteiger partial charge in [0.05, 0.1) is 5.52 Å². The number of aromatic nitrogens is 1. The first kappa shape index (κ1) is 11.9. The Balaban J connectivity index is 2.16. The fraction of sp³-hybridized carbons (Fsp3) is 0.231. The molecule has 1 N–H and O–H groups in total. The van der Waals surface area contributed by atoms with E-state index in [0.717, 1.165) is 16.6 Å². The minimum Gasteiger partial charge on any atom is -0.481 e. The third-order valence-corrected chi connectivity index (χ3v) is 2.77. The number of carboxylic acids is 1. The number of fused-ring (bicyclic) bond motifs is 1. The molecule has 0 fully saturated rings. The number of aliphatic carboxylic acids is 1. The molecular formula is C13H12ClNO2. The number of carbonyl (C=O) groups is 1. The Bertz CT molecular complexity index is 554. The number of hydrogen-bond acceptors (Lipinski definition) is 2. The molecule has 0 saturated carbocycles. The zero-order chi connectivity index (χ0) is 12.3. The highest BCUT2D eigenvalue weighted by Crippen LogP contribution is 2.18. The predicted molar refractivity (Wildman–Crippen MR) is 67.3 cm³/mol. The van der Waals surface area contributed by atoms with Gasteiger partial charge in [0.15, 0.2) is 0 Å². The van der Waals surface area contributed by atoms with E-state index in [1.807, 2.05) is 30.3 Å². The van der Waals surface area contributed by atoms with Crippen molar-refractivity contribution in [3.63, 3.8) is 0 Å². The van der Waals surface area contributed by atoms with Gasteiger partial charge in [-0.3, -0.25) is 9.78 Å². The molecule has 0 amide bonds. The summed E-state index contributed by atoms with van der Waals surface area (Å²) in [5.74, 6) is -0.770. The summed E-state index contributed by atoms with van der Waals surface area (Å²) in [6.45, 7) is 0. The molecule has 0 radical (unpaired) electrons. The molecule has 0 atom stereocenters. The van der Waals surface area contributed by atoms with E-state index in [2.05, 4.69) is 4.98 Å². The second-order valence-corrected chi connectivity index (χ2v) is 4.32. The molecular weight excluding hydrogens is 238 g/mol. The number of hydrogen-bond donors (Lipinski definition) is 1. The van der Waals surface area contributed by atoms with Gasteiger partial charge in [-0.25, -0.2) is 0 Å². The molecule has 17 heavy (non-hydrogen) atoms. The van der Waals surface area contributed by atoms with Crippen LogP contribution in [0.25, 0.3) is 10.9 Å². The minimum absolute atomic E-state index is 0.176. The summed E-state index contributed by atoms with van der Waals surface area (Å²) in [5.41, 5.74) is 1.76. The lowest BCUT2D eigenvalue weighted by Crippen LogP contribution is -1.97. The number of aryl methyl sites for hydroxylation is 1. The van der Waals surface area contributed by atoms with E-state index in [9.17, 15) is 4.79 Å². The lowest BCUT2D eigenvalue weighted by atomic mass is 10.1. The fourth-order valence-electron chi connectivity index (χ4n) is 1.69. The molecule has 3 nitrogen and oxygen atoms in total. The van der Waals surface area contributed by atoms with Gasteiger partial charge in [0.25, 0.3) is 0 Å². The topological polar surface area (TPSA) is 50.2 Å². The van der Waals surface area contributed by atoms with E-state index < -0.39 is 5.97 Å². The van der Waals surface area contributed by atoms with Crippen molar-refractivity contribution in [2.24, 2.45) is 0 Å². The first-order chi connectivity index (χ1) is 8.15. The second kappa shape index (κ2) is 5.15. The summed E-state index contributed by atoms with van der Waals surface area (Å²) in [7, 11) is 0. The molecule has 0 bridgehead atoms. The van der Waals surface area contributed by atoms with Crippen LogP contribution < -0.4 is 0 Å². The van der Waals surface area contributed by atoms with Gasteiger partial charge in [-0.15, -0.1) is 0 Å². The van der Waals surface area contributed by atoms with Crippen molar-refractivity contribution in [3.05, 3.63) is 41.0 Å². The normalized spacial score (nSPS) is 10.6. The Hall–Kier alpha value is -1.61. The highest BCUT2D eigenvalue weighted by atomic mass is 35.5.